The Morgan fingerprint density at radius 3 is 2.36 bits per heavy atom. The number of anilines is 2. The molecule has 0 saturated heterocycles. The highest BCUT2D eigenvalue weighted by atomic mass is 32.2. The Kier molecular flexibility index (Phi) is 8.81. The molecule has 0 unspecified atom stereocenters. The van der Waals surface area contributed by atoms with Crippen molar-refractivity contribution in [2.45, 2.75) is 32.7 Å². The lowest BCUT2D eigenvalue weighted by Gasteiger charge is -2.24. The third kappa shape index (κ3) is 7.85. The van der Waals surface area contributed by atoms with Crippen molar-refractivity contribution < 1.29 is 27.5 Å². The van der Waals surface area contributed by atoms with Gasteiger partial charge in [-0.2, -0.15) is 0 Å². The minimum absolute atomic E-state index is 0.0231. The number of ether oxygens (including phenoxy) is 2. The second-order valence-corrected chi connectivity index (χ2v) is 12.2. The van der Waals surface area contributed by atoms with Crippen LogP contribution in [0.25, 0.3) is 5.69 Å². The van der Waals surface area contributed by atoms with Crippen molar-refractivity contribution in [2.75, 3.05) is 23.4 Å². The average molecular weight is 593 g/mol. The monoisotopic (exact) mass is 592 g/mol. The van der Waals surface area contributed by atoms with Crippen LogP contribution in [0.1, 0.15) is 42.3 Å². The molecule has 220 valence electrons. The molecule has 3 N–H and O–H groups in total. The second kappa shape index (κ2) is 12.3. The van der Waals surface area contributed by atoms with Crippen LogP contribution in [-0.2, 0) is 22.0 Å². The van der Waals surface area contributed by atoms with Gasteiger partial charge in [0.2, 0.25) is 10.0 Å². The van der Waals surface area contributed by atoms with Gasteiger partial charge in [0.15, 0.2) is 5.75 Å². The van der Waals surface area contributed by atoms with E-state index in [1.807, 2.05) is 51.1 Å². The first-order chi connectivity index (χ1) is 19.8. The number of methoxy groups -OCH3 is 1. The number of hydrogen-bond donors (Lipinski definition) is 3. The number of carbonyl (C=O) groups excluding carboxylic acids is 2. The molecule has 0 aliphatic rings. The summed E-state index contributed by atoms with van der Waals surface area (Å²) >= 11 is 0. The molecule has 3 aromatic carbocycles. The van der Waals surface area contributed by atoms with Gasteiger partial charge in [0.05, 0.1) is 36.6 Å². The topological polar surface area (TPSA) is 154 Å². The van der Waals surface area contributed by atoms with Crippen LogP contribution in [0.4, 0.5) is 16.2 Å². The molecule has 13 heteroatoms. The summed E-state index contributed by atoms with van der Waals surface area (Å²) in [7, 11) is -2.23. The van der Waals surface area contributed by atoms with E-state index in [1.54, 1.807) is 36.4 Å². The van der Waals surface area contributed by atoms with E-state index >= 15 is 0 Å². The largest absolute Gasteiger partial charge is 0.492 e. The van der Waals surface area contributed by atoms with Crippen molar-refractivity contribution in [3.63, 3.8) is 0 Å². The summed E-state index contributed by atoms with van der Waals surface area (Å²) in [5.41, 5.74) is 2.62. The molecule has 0 fully saturated rings. The number of hydrogen-bond acceptors (Lipinski definition) is 8. The van der Waals surface area contributed by atoms with Gasteiger partial charge >= 0.3 is 6.09 Å². The van der Waals surface area contributed by atoms with E-state index in [0.717, 1.165) is 17.4 Å². The smallest absolute Gasteiger partial charge is 0.414 e. The fourth-order valence-corrected chi connectivity index (χ4v) is 4.51. The predicted molar refractivity (Wildman–Crippen MR) is 159 cm³/mol. The molecule has 0 spiro atoms. The lowest BCUT2D eigenvalue weighted by molar-refractivity contribution is 0.102. The Hall–Kier alpha value is -4.91. The number of nitrogens with one attached hydrogen (secondary N) is 3. The normalized spacial score (nSPS) is 11.5. The number of amides is 2. The minimum atomic E-state index is -3.62. The molecule has 0 aliphatic carbocycles. The zero-order valence-electron chi connectivity index (χ0n) is 23.8. The van der Waals surface area contributed by atoms with Crippen LogP contribution in [0.5, 0.6) is 11.6 Å². The summed E-state index contributed by atoms with van der Waals surface area (Å²) in [6.07, 6.45) is 1.77. The zero-order valence-corrected chi connectivity index (χ0v) is 24.7. The number of aromatic nitrogens is 3. The number of benzene rings is 3. The van der Waals surface area contributed by atoms with E-state index in [4.69, 9.17) is 9.47 Å². The number of carbonyl (C=O) groups is 2. The first-order valence-corrected chi connectivity index (χ1v) is 14.8. The predicted octanol–water partition coefficient (Wildman–Crippen LogP) is 4.49. The number of nitrogens with zero attached hydrogens (tertiary/aromatic N) is 3. The lowest BCUT2D eigenvalue weighted by Crippen LogP contribution is -2.26. The van der Waals surface area contributed by atoms with Crippen molar-refractivity contribution >= 4 is 33.4 Å². The van der Waals surface area contributed by atoms with Crippen LogP contribution in [0.3, 0.4) is 0 Å². The van der Waals surface area contributed by atoms with Gasteiger partial charge in [0.25, 0.3) is 11.8 Å². The second-order valence-electron chi connectivity index (χ2n) is 10.5. The highest BCUT2D eigenvalue weighted by Crippen LogP contribution is 2.39. The van der Waals surface area contributed by atoms with Gasteiger partial charge in [-0.05, 0) is 46.9 Å². The molecule has 0 aliphatic heterocycles. The first kappa shape index (κ1) is 30.1. The Bertz CT molecular complexity index is 1700. The molecular weight excluding hydrogens is 560 g/mol. The van der Waals surface area contributed by atoms with Crippen molar-refractivity contribution in [1.29, 1.82) is 0 Å². The summed E-state index contributed by atoms with van der Waals surface area (Å²) in [5, 5.41) is 13.4. The molecule has 0 bridgehead atoms. The van der Waals surface area contributed by atoms with Crippen molar-refractivity contribution in [2.24, 2.45) is 0 Å². The summed E-state index contributed by atoms with van der Waals surface area (Å²) in [6.45, 7) is 6.20. The van der Waals surface area contributed by atoms with Crippen LogP contribution in [-0.4, -0.2) is 48.8 Å². The fourth-order valence-electron chi connectivity index (χ4n) is 3.96. The molecule has 0 atom stereocenters. The third-order valence-electron chi connectivity index (χ3n) is 6.02. The quantitative estimate of drug-likeness (QED) is 0.257. The average Bonchev–Trinajstić information content (AvgIpc) is 3.39. The van der Waals surface area contributed by atoms with Gasteiger partial charge in [-0.1, -0.05) is 67.5 Å². The highest BCUT2D eigenvalue weighted by Gasteiger charge is 2.22. The van der Waals surface area contributed by atoms with Crippen LogP contribution in [0.15, 0.2) is 72.9 Å². The van der Waals surface area contributed by atoms with Gasteiger partial charge < -0.3 is 20.1 Å². The molecule has 1 aromatic heterocycles. The van der Waals surface area contributed by atoms with E-state index in [0.29, 0.717) is 17.9 Å². The Morgan fingerprint density at radius 2 is 1.69 bits per heavy atom. The Labute approximate surface area is 244 Å². The lowest BCUT2D eigenvalue weighted by atomic mass is 9.86. The maximum absolute atomic E-state index is 13.3. The van der Waals surface area contributed by atoms with Crippen molar-refractivity contribution in [3.8, 4) is 17.3 Å². The third-order valence-corrected chi connectivity index (χ3v) is 6.62. The Balaban J connectivity index is 1.52. The van der Waals surface area contributed by atoms with Crippen LogP contribution in [0, 0.1) is 0 Å². The highest BCUT2D eigenvalue weighted by molar-refractivity contribution is 7.92. The van der Waals surface area contributed by atoms with Crippen molar-refractivity contribution in [1.82, 2.24) is 20.3 Å². The minimum Gasteiger partial charge on any atom is -0.492 e. The SMILES string of the molecule is COc1c(NC(=O)c2cccc(-n3cc(OC(=O)NCc4ccccc4)nn3)c2)cc(C(C)(C)C)cc1NS(C)(=O)=O. The van der Waals surface area contributed by atoms with Gasteiger partial charge in [-0.25, -0.2) is 17.9 Å². The molecule has 0 saturated carbocycles. The number of rotatable bonds is 9. The maximum Gasteiger partial charge on any atom is 0.414 e. The van der Waals surface area contributed by atoms with E-state index in [9.17, 15) is 18.0 Å². The van der Waals surface area contributed by atoms with Crippen LogP contribution in [0.2, 0.25) is 0 Å². The van der Waals surface area contributed by atoms with Crippen LogP contribution >= 0.6 is 0 Å². The summed E-state index contributed by atoms with van der Waals surface area (Å²) in [5.74, 6) is -0.324. The summed E-state index contributed by atoms with van der Waals surface area (Å²) < 4.78 is 38.6. The molecule has 42 heavy (non-hydrogen) atoms. The molecular formula is C29H32N6O6S. The fraction of sp³-hybridized carbons (Fsp3) is 0.241. The standard InChI is InChI=1S/C29H32N6O6S/c1-29(2,3)21-15-23(26(40-4)24(16-21)33-42(5,38)39)31-27(36)20-12-9-13-22(14-20)35-18-25(32-34-35)41-28(37)30-17-19-10-7-6-8-11-19/h6-16,18,33H,17H2,1-5H3,(H,30,37)(H,31,36). The molecule has 1 heterocycles. The van der Waals surface area contributed by atoms with Crippen molar-refractivity contribution in [3.05, 3.63) is 89.6 Å². The van der Waals surface area contributed by atoms with Gasteiger partial charge in [0, 0.05) is 12.1 Å². The maximum atomic E-state index is 13.3. The van der Waals surface area contributed by atoms with Gasteiger partial charge in [-0.15, -0.1) is 0 Å². The van der Waals surface area contributed by atoms with E-state index in [-0.39, 0.29) is 28.3 Å². The van der Waals surface area contributed by atoms with Gasteiger partial charge in [0.1, 0.15) is 0 Å². The Morgan fingerprint density at radius 1 is 0.976 bits per heavy atom. The zero-order chi connectivity index (χ0) is 30.5. The number of sulfonamides is 1. The molecule has 2 amide bonds. The molecule has 4 rings (SSSR count). The molecule has 0 radical (unpaired) electrons. The van der Waals surface area contributed by atoms with Crippen LogP contribution < -0.4 is 24.8 Å². The van der Waals surface area contributed by atoms with Gasteiger partial charge in [-0.3, -0.25) is 9.52 Å². The summed E-state index contributed by atoms with van der Waals surface area (Å²) in [4.78, 5) is 25.5. The van der Waals surface area contributed by atoms with E-state index < -0.39 is 22.0 Å². The first-order valence-electron chi connectivity index (χ1n) is 12.9. The van der Waals surface area contributed by atoms with E-state index in [1.165, 1.54) is 18.0 Å². The molecule has 4 aromatic rings. The molecule has 12 nitrogen and oxygen atoms in total. The van der Waals surface area contributed by atoms with E-state index in [2.05, 4.69) is 25.7 Å². The summed E-state index contributed by atoms with van der Waals surface area (Å²) in [6, 6.07) is 19.4.